The second-order valence-corrected chi connectivity index (χ2v) is 17.4. The van der Waals surface area contributed by atoms with Crippen molar-refractivity contribution in [3.8, 4) is 17.1 Å². The Bertz CT molecular complexity index is 1320. The summed E-state index contributed by atoms with van der Waals surface area (Å²) in [6.07, 6.45) is 3.92. The molecule has 0 amide bonds. The summed E-state index contributed by atoms with van der Waals surface area (Å²) in [5.41, 5.74) is 2.84. The average Bonchev–Trinajstić information content (AvgIpc) is 2.83. The van der Waals surface area contributed by atoms with Crippen molar-refractivity contribution in [1.82, 2.24) is 15.0 Å². The number of anilines is 1. The Morgan fingerprint density at radius 2 is 1.76 bits per heavy atom. The highest BCUT2D eigenvalue weighted by atomic mass is 32.2. The van der Waals surface area contributed by atoms with Crippen molar-refractivity contribution in [3.05, 3.63) is 60.0 Å². The number of hydrogen-bond acceptors (Lipinski definition) is 7. The summed E-state index contributed by atoms with van der Waals surface area (Å²) in [4.78, 5) is 12.8. The summed E-state index contributed by atoms with van der Waals surface area (Å²) < 4.78 is 40.7. The zero-order chi connectivity index (χ0) is 27.4. The maximum absolute atomic E-state index is 13.3. The fourth-order valence-electron chi connectivity index (χ4n) is 3.50. The van der Waals surface area contributed by atoms with Crippen molar-refractivity contribution in [2.75, 3.05) is 18.4 Å². The molecule has 0 fully saturated rings. The third-order valence-electron chi connectivity index (χ3n) is 6.69. The van der Waals surface area contributed by atoms with Crippen LogP contribution in [0.3, 0.4) is 0 Å². The van der Waals surface area contributed by atoms with Gasteiger partial charge in [0.2, 0.25) is 5.82 Å². The molecule has 1 unspecified atom stereocenters. The average molecular weight is 543 g/mol. The largest absolute Gasteiger partial charge is 0.478 e. The molecule has 1 atom stereocenters. The first-order valence-electron chi connectivity index (χ1n) is 12.3. The number of aryl methyl sites for hydroxylation is 1. The Morgan fingerprint density at radius 1 is 1.08 bits per heavy atom. The number of aromatic nitrogens is 3. The highest BCUT2D eigenvalue weighted by Crippen LogP contribution is 2.37. The molecule has 1 aromatic carbocycles. The van der Waals surface area contributed by atoms with E-state index < -0.39 is 18.3 Å². The Balaban J connectivity index is 1.77. The molecule has 0 saturated carbocycles. The quantitative estimate of drug-likeness (QED) is 0.320. The normalized spacial score (nSPS) is 13.3. The zero-order valence-electron chi connectivity index (χ0n) is 23.0. The van der Waals surface area contributed by atoms with E-state index >= 15 is 0 Å². The first-order valence-corrected chi connectivity index (χ1v) is 16.7. The lowest BCUT2D eigenvalue weighted by Crippen LogP contribution is -2.41. The molecule has 0 bridgehead atoms. The SMILES string of the molecule is COc1nc(C)cnc1NS(=O)(=O)c1cccnc1-c1ccc(CC(C)CO[Si](C)(C)C(C)(C)C)cc1. The van der Waals surface area contributed by atoms with E-state index in [0.29, 0.717) is 22.9 Å². The molecule has 2 aromatic heterocycles. The van der Waals surface area contributed by atoms with Crippen molar-refractivity contribution in [2.24, 2.45) is 5.92 Å². The summed E-state index contributed by atoms with van der Waals surface area (Å²) in [6.45, 7) is 15.9. The van der Waals surface area contributed by atoms with Gasteiger partial charge in [-0.2, -0.15) is 0 Å². The van der Waals surface area contributed by atoms with Crippen LogP contribution in [0.15, 0.2) is 53.7 Å². The highest BCUT2D eigenvalue weighted by molar-refractivity contribution is 7.92. The van der Waals surface area contributed by atoms with Gasteiger partial charge in [0.05, 0.1) is 24.7 Å². The number of ether oxygens (including phenoxy) is 1. The van der Waals surface area contributed by atoms with Gasteiger partial charge in [-0.25, -0.2) is 18.4 Å². The molecule has 0 saturated heterocycles. The Kier molecular flexibility index (Phi) is 8.76. The maximum Gasteiger partial charge on any atom is 0.265 e. The van der Waals surface area contributed by atoms with E-state index in [1.54, 1.807) is 19.2 Å². The number of hydrogen-bond donors (Lipinski definition) is 1. The third kappa shape index (κ3) is 7.15. The first kappa shape index (κ1) is 28.7. The van der Waals surface area contributed by atoms with Crippen LogP contribution in [-0.4, -0.2) is 45.4 Å². The van der Waals surface area contributed by atoms with E-state index in [9.17, 15) is 8.42 Å². The van der Waals surface area contributed by atoms with Gasteiger partial charge >= 0.3 is 0 Å². The lowest BCUT2D eigenvalue weighted by atomic mass is 10.00. The number of benzene rings is 1. The third-order valence-corrected chi connectivity index (χ3v) is 12.6. The fourth-order valence-corrected chi connectivity index (χ4v) is 5.82. The van der Waals surface area contributed by atoms with Gasteiger partial charge in [-0.05, 0) is 55.1 Å². The van der Waals surface area contributed by atoms with Crippen LogP contribution in [0.4, 0.5) is 5.82 Å². The number of methoxy groups -OCH3 is 1. The molecule has 3 aromatic rings. The van der Waals surface area contributed by atoms with Crippen molar-refractivity contribution in [2.45, 2.75) is 64.1 Å². The molecule has 0 spiro atoms. The molecular weight excluding hydrogens is 504 g/mol. The van der Waals surface area contributed by atoms with Gasteiger partial charge in [0.25, 0.3) is 15.9 Å². The molecule has 1 N–H and O–H groups in total. The van der Waals surface area contributed by atoms with Crippen LogP contribution in [0.2, 0.25) is 18.1 Å². The molecule has 37 heavy (non-hydrogen) atoms. The number of pyridine rings is 1. The number of rotatable bonds is 10. The van der Waals surface area contributed by atoms with Gasteiger partial charge in [-0.3, -0.25) is 9.71 Å². The molecule has 0 aliphatic carbocycles. The minimum atomic E-state index is -4.01. The monoisotopic (exact) mass is 542 g/mol. The maximum atomic E-state index is 13.3. The van der Waals surface area contributed by atoms with E-state index in [1.165, 1.54) is 19.4 Å². The van der Waals surface area contributed by atoms with E-state index in [1.807, 2.05) is 24.3 Å². The predicted octanol–water partition coefficient (Wildman–Crippen LogP) is 5.86. The summed E-state index contributed by atoms with van der Waals surface area (Å²) in [6, 6.07) is 11.0. The van der Waals surface area contributed by atoms with Crippen LogP contribution >= 0.6 is 0 Å². The summed E-state index contributed by atoms with van der Waals surface area (Å²) in [5.74, 6) is 0.484. The van der Waals surface area contributed by atoms with Gasteiger partial charge in [0, 0.05) is 18.4 Å². The molecule has 10 heteroatoms. The smallest absolute Gasteiger partial charge is 0.265 e. The molecule has 3 rings (SSSR count). The summed E-state index contributed by atoms with van der Waals surface area (Å²) >= 11 is 0. The second kappa shape index (κ2) is 11.3. The molecule has 0 radical (unpaired) electrons. The Hall–Kier alpha value is -2.82. The van der Waals surface area contributed by atoms with Crippen LogP contribution in [0.5, 0.6) is 5.88 Å². The zero-order valence-corrected chi connectivity index (χ0v) is 24.8. The van der Waals surface area contributed by atoms with Crippen LogP contribution < -0.4 is 9.46 Å². The van der Waals surface area contributed by atoms with Gasteiger partial charge in [-0.1, -0.05) is 52.0 Å². The van der Waals surface area contributed by atoms with Crippen molar-refractivity contribution < 1.29 is 17.6 Å². The fraction of sp³-hybridized carbons (Fsp3) is 0.444. The molecule has 200 valence electrons. The van der Waals surface area contributed by atoms with Gasteiger partial charge < -0.3 is 9.16 Å². The van der Waals surface area contributed by atoms with Crippen LogP contribution in [0.25, 0.3) is 11.3 Å². The highest BCUT2D eigenvalue weighted by Gasteiger charge is 2.37. The minimum Gasteiger partial charge on any atom is -0.478 e. The van der Waals surface area contributed by atoms with Crippen molar-refractivity contribution in [3.63, 3.8) is 0 Å². The van der Waals surface area contributed by atoms with Crippen molar-refractivity contribution >= 4 is 24.2 Å². The molecule has 0 aliphatic heterocycles. The molecule has 8 nitrogen and oxygen atoms in total. The predicted molar refractivity (Wildman–Crippen MR) is 150 cm³/mol. The number of nitrogens with one attached hydrogen (secondary N) is 1. The van der Waals surface area contributed by atoms with E-state index in [2.05, 4.69) is 60.5 Å². The van der Waals surface area contributed by atoms with E-state index in [-0.39, 0.29) is 21.6 Å². The number of nitrogens with zero attached hydrogens (tertiary/aromatic N) is 3. The minimum absolute atomic E-state index is 0.0205. The van der Waals surface area contributed by atoms with Gasteiger partial charge in [0.15, 0.2) is 8.32 Å². The lowest BCUT2D eigenvalue weighted by molar-refractivity contribution is 0.237. The molecule has 0 aliphatic rings. The summed E-state index contributed by atoms with van der Waals surface area (Å²) in [7, 11) is -4.38. The Labute approximate surface area is 222 Å². The van der Waals surface area contributed by atoms with Crippen LogP contribution in [0, 0.1) is 12.8 Å². The lowest BCUT2D eigenvalue weighted by Gasteiger charge is -2.37. The van der Waals surface area contributed by atoms with E-state index in [0.717, 1.165) is 18.6 Å². The van der Waals surface area contributed by atoms with Crippen molar-refractivity contribution in [1.29, 1.82) is 0 Å². The van der Waals surface area contributed by atoms with Gasteiger partial charge in [0.1, 0.15) is 4.90 Å². The second-order valence-electron chi connectivity index (χ2n) is 10.9. The first-order chi connectivity index (χ1) is 17.2. The van der Waals surface area contributed by atoms with Crippen LogP contribution in [-0.2, 0) is 20.9 Å². The number of sulfonamides is 1. The molecule has 2 heterocycles. The Morgan fingerprint density at radius 3 is 2.38 bits per heavy atom. The van der Waals surface area contributed by atoms with Gasteiger partial charge in [-0.15, -0.1) is 0 Å². The van der Waals surface area contributed by atoms with Crippen LogP contribution in [0.1, 0.15) is 39.0 Å². The topological polar surface area (TPSA) is 103 Å². The molecular formula is C27H38N4O4SSi. The van der Waals surface area contributed by atoms with E-state index in [4.69, 9.17) is 9.16 Å². The summed E-state index contributed by atoms with van der Waals surface area (Å²) in [5, 5.41) is 0.182. The standard InChI is InChI=1S/C27H38N4O4SSi/c1-19(18-35-37(7,8)27(3,4)5)16-21-11-13-22(14-12-21)24-23(10-9-15-28-24)36(32,33)31-25-26(34-6)30-20(2)17-29-25/h9-15,17,19H,16,18H2,1-8H3,(H,29,31).